The summed E-state index contributed by atoms with van der Waals surface area (Å²) in [7, 11) is 4.03. The molecular formula is C18H18ClN5. The van der Waals surface area contributed by atoms with Crippen molar-refractivity contribution < 1.29 is 0 Å². The van der Waals surface area contributed by atoms with E-state index in [-0.39, 0.29) is 0 Å². The largest absolute Gasteiger partial charge is 0.378 e. The van der Waals surface area contributed by atoms with Crippen molar-refractivity contribution in [2.75, 3.05) is 29.6 Å². The summed E-state index contributed by atoms with van der Waals surface area (Å²) >= 11 is 6.16. The second-order valence-electron chi connectivity index (χ2n) is 5.46. The third kappa shape index (κ3) is 3.94. The van der Waals surface area contributed by atoms with Crippen molar-refractivity contribution >= 4 is 40.3 Å². The first-order valence-corrected chi connectivity index (χ1v) is 7.87. The van der Waals surface area contributed by atoms with E-state index in [1.165, 1.54) is 6.33 Å². The van der Waals surface area contributed by atoms with Crippen molar-refractivity contribution in [3.05, 3.63) is 65.9 Å². The Balaban J connectivity index is 1.74. The first kappa shape index (κ1) is 16.1. The molecule has 0 aliphatic carbocycles. The van der Waals surface area contributed by atoms with Crippen LogP contribution in [-0.4, -0.2) is 24.1 Å². The molecule has 2 aromatic carbocycles. The third-order valence-corrected chi connectivity index (χ3v) is 3.79. The van der Waals surface area contributed by atoms with Crippen LogP contribution in [0, 0.1) is 0 Å². The first-order valence-electron chi connectivity index (χ1n) is 7.50. The molecule has 6 heteroatoms. The van der Waals surface area contributed by atoms with Crippen molar-refractivity contribution in [3.8, 4) is 0 Å². The van der Waals surface area contributed by atoms with Gasteiger partial charge in [0.2, 0.25) is 0 Å². The maximum absolute atomic E-state index is 6.16. The van der Waals surface area contributed by atoms with Gasteiger partial charge < -0.3 is 15.5 Å². The predicted octanol–water partition coefficient (Wildman–Crippen LogP) is 4.68. The van der Waals surface area contributed by atoms with Crippen molar-refractivity contribution in [1.29, 1.82) is 0 Å². The molecule has 0 radical (unpaired) electrons. The average molecular weight is 340 g/mol. The number of hydrogen-bond donors (Lipinski definition) is 2. The van der Waals surface area contributed by atoms with Crippen molar-refractivity contribution in [2.45, 2.75) is 0 Å². The van der Waals surface area contributed by atoms with Gasteiger partial charge >= 0.3 is 0 Å². The first-order chi connectivity index (χ1) is 11.6. The summed E-state index contributed by atoms with van der Waals surface area (Å²) in [5, 5.41) is 7.10. The molecule has 0 atom stereocenters. The van der Waals surface area contributed by atoms with Gasteiger partial charge in [-0.1, -0.05) is 23.7 Å². The van der Waals surface area contributed by atoms with E-state index in [9.17, 15) is 0 Å². The van der Waals surface area contributed by atoms with Gasteiger partial charge in [-0.3, -0.25) is 0 Å². The number of para-hydroxylation sites is 1. The molecular weight excluding hydrogens is 322 g/mol. The van der Waals surface area contributed by atoms with Gasteiger partial charge in [0, 0.05) is 31.5 Å². The van der Waals surface area contributed by atoms with Crippen LogP contribution in [0.3, 0.4) is 0 Å². The van der Waals surface area contributed by atoms with Gasteiger partial charge in [-0.25, -0.2) is 9.97 Å². The third-order valence-electron chi connectivity index (χ3n) is 3.46. The molecule has 2 N–H and O–H groups in total. The molecule has 3 aromatic rings. The van der Waals surface area contributed by atoms with E-state index in [4.69, 9.17) is 11.6 Å². The molecule has 3 rings (SSSR count). The molecule has 0 amide bonds. The van der Waals surface area contributed by atoms with Gasteiger partial charge in [0.05, 0.1) is 10.7 Å². The maximum atomic E-state index is 6.16. The van der Waals surface area contributed by atoms with Crippen LogP contribution in [-0.2, 0) is 0 Å². The summed E-state index contributed by atoms with van der Waals surface area (Å²) in [5.41, 5.74) is 2.91. The molecule has 24 heavy (non-hydrogen) atoms. The summed E-state index contributed by atoms with van der Waals surface area (Å²) in [6.07, 6.45) is 1.51. The highest BCUT2D eigenvalue weighted by Gasteiger charge is 2.03. The number of nitrogens with one attached hydrogen (secondary N) is 2. The Kier molecular flexibility index (Phi) is 4.82. The van der Waals surface area contributed by atoms with E-state index in [2.05, 4.69) is 25.5 Å². The second kappa shape index (κ2) is 7.19. The minimum absolute atomic E-state index is 0.643. The van der Waals surface area contributed by atoms with Crippen LogP contribution in [0.4, 0.5) is 28.7 Å². The minimum Gasteiger partial charge on any atom is -0.378 e. The second-order valence-corrected chi connectivity index (χ2v) is 5.87. The van der Waals surface area contributed by atoms with E-state index in [1.54, 1.807) is 0 Å². The van der Waals surface area contributed by atoms with Crippen molar-refractivity contribution in [1.82, 2.24) is 9.97 Å². The number of hydrogen-bond acceptors (Lipinski definition) is 5. The fourth-order valence-corrected chi connectivity index (χ4v) is 2.37. The molecule has 122 valence electrons. The van der Waals surface area contributed by atoms with Crippen LogP contribution >= 0.6 is 11.6 Å². The molecule has 1 aromatic heterocycles. The smallest absolute Gasteiger partial charge is 0.135 e. The Morgan fingerprint density at radius 2 is 1.54 bits per heavy atom. The molecule has 0 bridgehead atoms. The molecule has 0 aliphatic heterocycles. The van der Waals surface area contributed by atoms with Gasteiger partial charge in [-0.2, -0.15) is 0 Å². The Morgan fingerprint density at radius 1 is 0.875 bits per heavy atom. The van der Waals surface area contributed by atoms with Crippen LogP contribution in [0.25, 0.3) is 0 Å². The zero-order valence-electron chi connectivity index (χ0n) is 13.5. The minimum atomic E-state index is 0.643. The lowest BCUT2D eigenvalue weighted by Crippen LogP contribution is -2.08. The van der Waals surface area contributed by atoms with Gasteiger partial charge in [-0.05, 0) is 36.4 Å². The summed E-state index contributed by atoms with van der Waals surface area (Å²) in [6, 6.07) is 17.5. The predicted molar refractivity (Wildman–Crippen MR) is 101 cm³/mol. The van der Waals surface area contributed by atoms with Gasteiger partial charge in [0.1, 0.15) is 18.0 Å². The topological polar surface area (TPSA) is 53.1 Å². The van der Waals surface area contributed by atoms with E-state index in [0.717, 1.165) is 17.1 Å². The monoisotopic (exact) mass is 339 g/mol. The Hall–Kier alpha value is -2.79. The molecule has 5 nitrogen and oxygen atoms in total. The lowest BCUT2D eigenvalue weighted by molar-refractivity contribution is 1.13. The Labute approximate surface area is 146 Å². The van der Waals surface area contributed by atoms with Crippen LogP contribution in [0.15, 0.2) is 60.9 Å². The van der Waals surface area contributed by atoms with Crippen LogP contribution in [0.2, 0.25) is 5.02 Å². The van der Waals surface area contributed by atoms with Gasteiger partial charge in [-0.15, -0.1) is 0 Å². The zero-order chi connectivity index (χ0) is 16.9. The van der Waals surface area contributed by atoms with Crippen molar-refractivity contribution in [2.24, 2.45) is 0 Å². The summed E-state index contributed by atoms with van der Waals surface area (Å²) in [5.74, 6) is 1.38. The van der Waals surface area contributed by atoms with Crippen LogP contribution < -0.4 is 15.5 Å². The number of aromatic nitrogens is 2. The number of anilines is 5. The normalized spacial score (nSPS) is 10.3. The van der Waals surface area contributed by atoms with E-state index in [0.29, 0.717) is 16.7 Å². The lowest BCUT2D eigenvalue weighted by Gasteiger charge is -2.13. The number of benzene rings is 2. The Morgan fingerprint density at radius 3 is 2.21 bits per heavy atom. The lowest BCUT2D eigenvalue weighted by atomic mass is 10.2. The fourth-order valence-electron chi connectivity index (χ4n) is 2.19. The molecule has 0 unspecified atom stereocenters. The molecule has 0 fully saturated rings. The van der Waals surface area contributed by atoms with Gasteiger partial charge in [0.15, 0.2) is 0 Å². The van der Waals surface area contributed by atoms with E-state index >= 15 is 0 Å². The SMILES string of the molecule is CN(C)c1ccc(Nc2cc(Nc3ccccc3Cl)ncn2)cc1. The summed E-state index contributed by atoms with van der Waals surface area (Å²) < 4.78 is 0. The van der Waals surface area contributed by atoms with Crippen molar-refractivity contribution in [3.63, 3.8) is 0 Å². The van der Waals surface area contributed by atoms with Crippen LogP contribution in [0.1, 0.15) is 0 Å². The standard InChI is InChI=1S/C18H18ClN5/c1-24(2)14-9-7-13(8-10-14)22-17-11-18(21-12-20-17)23-16-6-4-3-5-15(16)19/h3-12H,1-2H3,(H2,20,21,22,23). The van der Waals surface area contributed by atoms with E-state index < -0.39 is 0 Å². The average Bonchev–Trinajstić information content (AvgIpc) is 2.58. The quantitative estimate of drug-likeness (QED) is 0.706. The molecule has 1 heterocycles. The highest BCUT2D eigenvalue weighted by molar-refractivity contribution is 6.33. The summed E-state index contributed by atoms with van der Waals surface area (Å²) in [4.78, 5) is 10.5. The zero-order valence-corrected chi connectivity index (χ0v) is 14.2. The number of nitrogens with zero attached hydrogens (tertiary/aromatic N) is 3. The molecule has 0 saturated heterocycles. The number of rotatable bonds is 5. The Bertz CT molecular complexity index is 818. The molecule has 0 spiro atoms. The van der Waals surface area contributed by atoms with E-state index in [1.807, 2.05) is 68.7 Å². The number of halogens is 1. The maximum Gasteiger partial charge on any atom is 0.135 e. The van der Waals surface area contributed by atoms with Gasteiger partial charge in [0.25, 0.3) is 0 Å². The van der Waals surface area contributed by atoms with Crippen LogP contribution in [0.5, 0.6) is 0 Å². The fraction of sp³-hybridized carbons (Fsp3) is 0.111. The summed E-state index contributed by atoms with van der Waals surface area (Å²) in [6.45, 7) is 0. The molecule has 0 saturated carbocycles. The highest BCUT2D eigenvalue weighted by Crippen LogP contribution is 2.25. The highest BCUT2D eigenvalue weighted by atomic mass is 35.5. The molecule has 0 aliphatic rings.